The third-order valence-corrected chi connectivity index (χ3v) is 3.57. The van der Waals surface area contributed by atoms with Gasteiger partial charge < -0.3 is 10.5 Å². The molecule has 0 aromatic heterocycles. The molecule has 1 aromatic rings. The smallest absolute Gasteiger partial charge is 0.182 e. The molecule has 1 aliphatic rings. The standard InChI is InChI=1S/C15H21NO2/c1-2-4-12-5-3-6-13(11-12)14(17)15(16)7-9-18-10-8-15/h3,5-6,11H,2,4,7-10,16H2,1H3. The molecule has 18 heavy (non-hydrogen) atoms. The molecule has 0 atom stereocenters. The lowest BCUT2D eigenvalue weighted by molar-refractivity contribution is 0.0448. The molecule has 0 unspecified atom stereocenters. The number of hydrogen-bond donors (Lipinski definition) is 1. The van der Waals surface area contributed by atoms with Crippen LogP contribution in [0.15, 0.2) is 24.3 Å². The first-order valence-corrected chi connectivity index (χ1v) is 6.66. The summed E-state index contributed by atoms with van der Waals surface area (Å²) in [5, 5.41) is 0. The third-order valence-electron chi connectivity index (χ3n) is 3.57. The second kappa shape index (κ2) is 5.63. The zero-order valence-corrected chi connectivity index (χ0v) is 10.9. The molecular weight excluding hydrogens is 226 g/mol. The van der Waals surface area contributed by atoms with Gasteiger partial charge in [-0.15, -0.1) is 0 Å². The Bertz CT molecular complexity index is 422. The fraction of sp³-hybridized carbons (Fsp3) is 0.533. The van der Waals surface area contributed by atoms with Crippen molar-refractivity contribution < 1.29 is 9.53 Å². The average molecular weight is 247 g/mol. The van der Waals surface area contributed by atoms with E-state index in [0.29, 0.717) is 26.1 Å². The van der Waals surface area contributed by atoms with Crippen molar-refractivity contribution in [2.24, 2.45) is 5.73 Å². The van der Waals surface area contributed by atoms with Gasteiger partial charge >= 0.3 is 0 Å². The van der Waals surface area contributed by atoms with Gasteiger partial charge in [0.2, 0.25) is 0 Å². The van der Waals surface area contributed by atoms with E-state index in [9.17, 15) is 4.79 Å². The summed E-state index contributed by atoms with van der Waals surface area (Å²) in [6, 6.07) is 7.86. The Morgan fingerprint density at radius 3 is 2.78 bits per heavy atom. The van der Waals surface area contributed by atoms with Crippen LogP contribution in [0.25, 0.3) is 0 Å². The number of Topliss-reactive ketones (excluding diaryl/α,β-unsaturated/α-hetero) is 1. The quantitative estimate of drug-likeness (QED) is 0.831. The number of nitrogens with two attached hydrogens (primary N) is 1. The van der Waals surface area contributed by atoms with Gasteiger partial charge in [0.1, 0.15) is 0 Å². The van der Waals surface area contributed by atoms with Gasteiger partial charge in [-0.05, 0) is 30.9 Å². The Labute approximate surface area is 108 Å². The molecule has 1 fully saturated rings. The number of ketones is 1. The summed E-state index contributed by atoms with van der Waals surface area (Å²) in [6.45, 7) is 3.30. The number of hydrogen-bond acceptors (Lipinski definition) is 3. The van der Waals surface area contributed by atoms with Gasteiger partial charge in [-0.3, -0.25) is 4.79 Å². The number of ether oxygens (including phenoxy) is 1. The summed E-state index contributed by atoms with van der Waals surface area (Å²) < 4.78 is 5.28. The van der Waals surface area contributed by atoms with Gasteiger partial charge in [-0.1, -0.05) is 31.5 Å². The third kappa shape index (κ3) is 2.79. The van der Waals surface area contributed by atoms with E-state index in [1.807, 2.05) is 18.2 Å². The van der Waals surface area contributed by atoms with Crippen molar-refractivity contribution in [2.45, 2.75) is 38.1 Å². The van der Waals surface area contributed by atoms with Crippen LogP contribution in [0.1, 0.15) is 42.1 Å². The van der Waals surface area contributed by atoms with Gasteiger partial charge in [0, 0.05) is 18.8 Å². The molecule has 1 saturated heterocycles. The highest BCUT2D eigenvalue weighted by Crippen LogP contribution is 2.23. The fourth-order valence-electron chi connectivity index (χ4n) is 2.41. The number of rotatable bonds is 4. The first-order chi connectivity index (χ1) is 8.65. The number of carbonyl (C=O) groups excluding carboxylic acids is 1. The molecule has 3 heteroatoms. The molecule has 0 spiro atoms. The molecule has 1 aromatic carbocycles. The second-order valence-electron chi connectivity index (χ2n) is 5.05. The van der Waals surface area contributed by atoms with E-state index < -0.39 is 5.54 Å². The molecule has 0 radical (unpaired) electrons. The lowest BCUT2D eigenvalue weighted by Crippen LogP contribution is -2.51. The van der Waals surface area contributed by atoms with E-state index in [1.165, 1.54) is 5.56 Å². The highest BCUT2D eigenvalue weighted by Gasteiger charge is 2.36. The Kier molecular flexibility index (Phi) is 4.15. The van der Waals surface area contributed by atoms with Crippen LogP contribution in [-0.2, 0) is 11.2 Å². The molecule has 1 heterocycles. The molecule has 0 amide bonds. The minimum Gasteiger partial charge on any atom is -0.381 e. The summed E-state index contributed by atoms with van der Waals surface area (Å²) in [5.74, 6) is 0.0590. The largest absolute Gasteiger partial charge is 0.381 e. The predicted octanol–water partition coefficient (Wildman–Crippen LogP) is 2.33. The van der Waals surface area contributed by atoms with Crippen molar-refractivity contribution in [1.29, 1.82) is 0 Å². The molecule has 0 aliphatic carbocycles. The van der Waals surface area contributed by atoms with Crippen LogP contribution in [0.4, 0.5) is 0 Å². The van der Waals surface area contributed by atoms with Gasteiger partial charge in [0.05, 0.1) is 5.54 Å². The number of aryl methyl sites for hydroxylation is 1. The van der Waals surface area contributed by atoms with Crippen LogP contribution in [0.5, 0.6) is 0 Å². The van der Waals surface area contributed by atoms with E-state index >= 15 is 0 Å². The summed E-state index contributed by atoms with van der Waals surface area (Å²) in [5.41, 5.74) is 7.44. The minimum atomic E-state index is -0.733. The van der Waals surface area contributed by atoms with Crippen molar-refractivity contribution in [1.82, 2.24) is 0 Å². The molecule has 98 valence electrons. The van der Waals surface area contributed by atoms with Gasteiger partial charge in [-0.25, -0.2) is 0 Å². The van der Waals surface area contributed by atoms with Crippen LogP contribution >= 0.6 is 0 Å². The van der Waals surface area contributed by atoms with Crippen LogP contribution in [-0.4, -0.2) is 24.5 Å². The number of benzene rings is 1. The summed E-state index contributed by atoms with van der Waals surface area (Å²) in [6.07, 6.45) is 3.31. The molecule has 0 bridgehead atoms. The Morgan fingerprint density at radius 2 is 2.11 bits per heavy atom. The SMILES string of the molecule is CCCc1cccc(C(=O)C2(N)CCOCC2)c1. The lowest BCUT2D eigenvalue weighted by Gasteiger charge is -2.31. The minimum absolute atomic E-state index is 0.0590. The maximum atomic E-state index is 12.5. The first-order valence-electron chi connectivity index (χ1n) is 6.66. The van der Waals surface area contributed by atoms with Crippen molar-refractivity contribution >= 4 is 5.78 Å². The van der Waals surface area contributed by atoms with E-state index in [2.05, 4.69) is 13.0 Å². The fourth-order valence-corrected chi connectivity index (χ4v) is 2.41. The Morgan fingerprint density at radius 1 is 1.39 bits per heavy atom. The van der Waals surface area contributed by atoms with Crippen LogP contribution in [0, 0.1) is 0 Å². The van der Waals surface area contributed by atoms with Crippen molar-refractivity contribution in [3.05, 3.63) is 35.4 Å². The topological polar surface area (TPSA) is 52.3 Å². The van der Waals surface area contributed by atoms with E-state index in [4.69, 9.17) is 10.5 Å². The lowest BCUT2D eigenvalue weighted by atomic mass is 9.83. The molecular formula is C15H21NO2. The van der Waals surface area contributed by atoms with E-state index in [0.717, 1.165) is 18.4 Å². The summed E-state index contributed by atoms with van der Waals surface area (Å²) in [7, 11) is 0. The first kappa shape index (κ1) is 13.2. The Balaban J connectivity index is 2.19. The van der Waals surface area contributed by atoms with Gasteiger partial charge in [-0.2, -0.15) is 0 Å². The van der Waals surface area contributed by atoms with Crippen LogP contribution in [0.3, 0.4) is 0 Å². The zero-order chi connectivity index (χ0) is 13.0. The summed E-state index contributed by atoms with van der Waals surface area (Å²) >= 11 is 0. The maximum Gasteiger partial charge on any atom is 0.182 e. The highest BCUT2D eigenvalue weighted by molar-refractivity contribution is 6.03. The van der Waals surface area contributed by atoms with Crippen molar-refractivity contribution in [3.8, 4) is 0 Å². The van der Waals surface area contributed by atoms with Crippen molar-refractivity contribution in [3.63, 3.8) is 0 Å². The molecule has 2 rings (SSSR count). The van der Waals surface area contributed by atoms with Gasteiger partial charge in [0.25, 0.3) is 0 Å². The Hall–Kier alpha value is -1.19. The monoisotopic (exact) mass is 247 g/mol. The zero-order valence-electron chi connectivity index (χ0n) is 10.9. The molecule has 2 N–H and O–H groups in total. The maximum absolute atomic E-state index is 12.5. The predicted molar refractivity (Wildman–Crippen MR) is 71.7 cm³/mol. The van der Waals surface area contributed by atoms with Gasteiger partial charge in [0.15, 0.2) is 5.78 Å². The van der Waals surface area contributed by atoms with E-state index in [1.54, 1.807) is 0 Å². The average Bonchev–Trinajstić information content (AvgIpc) is 2.39. The molecule has 1 aliphatic heterocycles. The summed E-state index contributed by atoms with van der Waals surface area (Å²) in [4.78, 5) is 12.5. The van der Waals surface area contributed by atoms with E-state index in [-0.39, 0.29) is 5.78 Å². The van der Waals surface area contributed by atoms with Crippen LogP contribution < -0.4 is 5.73 Å². The number of carbonyl (C=O) groups is 1. The van der Waals surface area contributed by atoms with Crippen LogP contribution in [0.2, 0.25) is 0 Å². The molecule has 3 nitrogen and oxygen atoms in total. The molecule has 0 saturated carbocycles. The normalized spacial score (nSPS) is 18.6. The van der Waals surface area contributed by atoms with Crippen molar-refractivity contribution in [2.75, 3.05) is 13.2 Å². The highest BCUT2D eigenvalue weighted by atomic mass is 16.5. The second-order valence-corrected chi connectivity index (χ2v) is 5.05.